The summed E-state index contributed by atoms with van der Waals surface area (Å²) >= 11 is 0. The zero-order chi connectivity index (χ0) is 9.26. The minimum absolute atomic E-state index is 0.367. The van der Waals surface area contributed by atoms with Crippen molar-refractivity contribution in [1.29, 1.82) is 0 Å². The summed E-state index contributed by atoms with van der Waals surface area (Å²) in [6.45, 7) is 0. The number of benzene rings is 1. The van der Waals surface area contributed by atoms with Crippen LogP contribution in [0.3, 0.4) is 0 Å². The first-order valence-electron chi connectivity index (χ1n) is 3.70. The molecule has 0 amide bonds. The Labute approximate surface area is 74.0 Å². The molecule has 0 fully saturated rings. The van der Waals surface area contributed by atoms with Gasteiger partial charge in [-0.2, -0.15) is 0 Å². The van der Waals surface area contributed by atoms with Crippen molar-refractivity contribution < 1.29 is 8.81 Å². The van der Waals surface area contributed by atoms with Crippen molar-refractivity contribution in [3.05, 3.63) is 36.6 Å². The van der Waals surface area contributed by atoms with E-state index in [4.69, 9.17) is 10.2 Å². The summed E-state index contributed by atoms with van der Waals surface area (Å²) < 4.78 is 17.9. The van der Waals surface area contributed by atoms with Gasteiger partial charge in [-0.15, -0.1) is 0 Å². The summed E-state index contributed by atoms with van der Waals surface area (Å²) in [5.41, 5.74) is 6.42. The average molecular weight is 178 g/mol. The second-order valence-corrected chi connectivity index (χ2v) is 2.64. The van der Waals surface area contributed by atoms with Crippen molar-refractivity contribution in [2.45, 2.75) is 0 Å². The predicted molar refractivity (Wildman–Crippen MR) is 46.3 cm³/mol. The zero-order valence-electron chi connectivity index (χ0n) is 6.70. The lowest BCUT2D eigenvalue weighted by molar-refractivity contribution is 0.570. The van der Waals surface area contributed by atoms with E-state index in [9.17, 15) is 4.39 Å². The molecule has 3 nitrogen and oxygen atoms in total. The number of nitrogens with zero attached hydrogens (tertiary/aromatic N) is 1. The van der Waals surface area contributed by atoms with Crippen molar-refractivity contribution in [2.24, 2.45) is 0 Å². The van der Waals surface area contributed by atoms with Gasteiger partial charge < -0.3 is 10.2 Å². The Morgan fingerprint density at radius 1 is 1.31 bits per heavy atom. The third-order valence-corrected chi connectivity index (χ3v) is 1.64. The van der Waals surface area contributed by atoms with Crippen LogP contribution in [0.1, 0.15) is 0 Å². The van der Waals surface area contributed by atoms with E-state index in [0.717, 1.165) is 0 Å². The van der Waals surface area contributed by atoms with Crippen LogP contribution in [0, 0.1) is 5.82 Å². The number of hydrogen-bond acceptors (Lipinski definition) is 3. The highest BCUT2D eigenvalue weighted by Gasteiger charge is 2.03. The fourth-order valence-corrected chi connectivity index (χ4v) is 1.11. The van der Waals surface area contributed by atoms with E-state index in [1.165, 1.54) is 24.7 Å². The molecule has 4 heteroatoms. The van der Waals surface area contributed by atoms with Crippen LogP contribution in [0.2, 0.25) is 0 Å². The van der Waals surface area contributed by atoms with Crippen LogP contribution < -0.4 is 5.73 Å². The SMILES string of the molecule is Nc1cc(F)cc(-c2cnco2)c1. The van der Waals surface area contributed by atoms with Crippen LogP contribution in [0.25, 0.3) is 11.3 Å². The maximum Gasteiger partial charge on any atom is 0.181 e. The molecule has 0 aliphatic carbocycles. The Bertz CT molecular complexity index is 391. The normalized spacial score (nSPS) is 10.2. The Balaban J connectivity index is 2.53. The quantitative estimate of drug-likeness (QED) is 0.680. The van der Waals surface area contributed by atoms with Gasteiger partial charge in [-0.3, -0.25) is 0 Å². The van der Waals surface area contributed by atoms with Crippen LogP contribution >= 0.6 is 0 Å². The van der Waals surface area contributed by atoms with Crippen molar-refractivity contribution >= 4 is 5.69 Å². The third-order valence-electron chi connectivity index (χ3n) is 1.64. The molecule has 0 aliphatic heterocycles. The van der Waals surface area contributed by atoms with Gasteiger partial charge in [0, 0.05) is 11.3 Å². The van der Waals surface area contributed by atoms with Crippen LogP contribution in [-0.4, -0.2) is 4.98 Å². The molecule has 66 valence electrons. The topological polar surface area (TPSA) is 52.0 Å². The molecule has 0 radical (unpaired) electrons. The highest BCUT2D eigenvalue weighted by molar-refractivity contribution is 5.61. The fraction of sp³-hybridized carbons (Fsp3) is 0. The first kappa shape index (κ1) is 7.79. The van der Waals surface area contributed by atoms with E-state index in [1.54, 1.807) is 6.07 Å². The Hall–Kier alpha value is -1.84. The van der Waals surface area contributed by atoms with Gasteiger partial charge in [0.1, 0.15) is 5.82 Å². The van der Waals surface area contributed by atoms with Crippen LogP contribution in [0.5, 0.6) is 0 Å². The molecule has 13 heavy (non-hydrogen) atoms. The van der Waals surface area contributed by atoms with Crippen LogP contribution in [-0.2, 0) is 0 Å². The average Bonchev–Trinajstić information content (AvgIpc) is 2.53. The van der Waals surface area contributed by atoms with Crippen LogP contribution in [0.15, 0.2) is 35.2 Å². The first-order valence-corrected chi connectivity index (χ1v) is 3.70. The lowest BCUT2D eigenvalue weighted by atomic mass is 10.1. The Morgan fingerprint density at radius 3 is 2.77 bits per heavy atom. The minimum Gasteiger partial charge on any atom is -0.444 e. The number of aromatic nitrogens is 1. The first-order chi connectivity index (χ1) is 6.25. The van der Waals surface area contributed by atoms with Gasteiger partial charge in [0.2, 0.25) is 0 Å². The number of rotatable bonds is 1. The molecule has 0 spiro atoms. The molecular weight excluding hydrogens is 171 g/mol. The molecule has 0 saturated heterocycles. The minimum atomic E-state index is -0.383. The lowest BCUT2D eigenvalue weighted by Crippen LogP contribution is -1.87. The molecule has 1 aromatic heterocycles. The van der Waals surface area contributed by atoms with E-state index in [2.05, 4.69) is 4.98 Å². The molecule has 0 atom stereocenters. The maximum absolute atomic E-state index is 12.9. The monoisotopic (exact) mass is 178 g/mol. The number of nitrogens with two attached hydrogens (primary N) is 1. The van der Waals surface area contributed by atoms with E-state index in [1.807, 2.05) is 0 Å². The van der Waals surface area contributed by atoms with Crippen molar-refractivity contribution in [1.82, 2.24) is 4.98 Å². The van der Waals surface area contributed by atoms with E-state index in [0.29, 0.717) is 17.0 Å². The molecule has 2 aromatic rings. The van der Waals surface area contributed by atoms with Crippen molar-refractivity contribution in [2.75, 3.05) is 5.73 Å². The number of oxazole rings is 1. The summed E-state index contributed by atoms with van der Waals surface area (Å²) in [7, 11) is 0. The highest BCUT2D eigenvalue weighted by Crippen LogP contribution is 2.22. The summed E-state index contributed by atoms with van der Waals surface area (Å²) in [4.78, 5) is 3.73. The molecule has 0 saturated carbocycles. The Kier molecular flexibility index (Phi) is 1.73. The smallest absolute Gasteiger partial charge is 0.181 e. The zero-order valence-corrected chi connectivity index (χ0v) is 6.70. The predicted octanol–water partition coefficient (Wildman–Crippen LogP) is 2.06. The number of hydrogen-bond donors (Lipinski definition) is 1. The van der Waals surface area contributed by atoms with Gasteiger partial charge in [-0.05, 0) is 18.2 Å². The molecule has 0 aliphatic rings. The molecule has 0 bridgehead atoms. The summed E-state index contributed by atoms with van der Waals surface area (Å²) in [5, 5.41) is 0. The summed E-state index contributed by atoms with van der Waals surface area (Å²) in [6, 6.07) is 4.22. The molecule has 1 heterocycles. The molecule has 2 rings (SSSR count). The fourth-order valence-electron chi connectivity index (χ4n) is 1.11. The van der Waals surface area contributed by atoms with Gasteiger partial charge in [-0.25, -0.2) is 9.37 Å². The van der Waals surface area contributed by atoms with Gasteiger partial charge in [0.05, 0.1) is 6.20 Å². The highest BCUT2D eigenvalue weighted by atomic mass is 19.1. The number of nitrogen functional groups attached to an aromatic ring is 1. The number of anilines is 1. The summed E-state index contributed by atoms with van der Waals surface area (Å²) in [6.07, 6.45) is 2.80. The van der Waals surface area contributed by atoms with Gasteiger partial charge in [0.15, 0.2) is 12.2 Å². The van der Waals surface area contributed by atoms with Crippen molar-refractivity contribution in [3.8, 4) is 11.3 Å². The largest absolute Gasteiger partial charge is 0.444 e. The second-order valence-electron chi connectivity index (χ2n) is 2.64. The molecule has 2 N–H and O–H groups in total. The van der Waals surface area contributed by atoms with Crippen LogP contribution in [0.4, 0.5) is 10.1 Å². The summed E-state index contributed by atoms with van der Waals surface area (Å²) in [5.74, 6) is 0.123. The van der Waals surface area contributed by atoms with Gasteiger partial charge >= 0.3 is 0 Å². The Morgan fingerprint density at radius 2 is 2.15 bits per heavy atom. The van der Waals surface area contributed by atoms with Gasteiger partial charge in [-0.1, -0.05) is 0 Å². The molecule has 0 unspecified atom stereocenters. The lowest BCUT2D eigenvalue weighted by Gasteiger charge is -1.98. The van der Waals surface area contributed by atoms with E-state index < -0.39 is 0 Å². The molecule has 1 aromatic carbocycles. The van der Waals surface area contributed by atoms with Gasteiger partial charge in [0.25, 0.3) is 0 Å². The second kappa shape index (κ2) is 2.90. The maximum atomic E-state index is 12.9. The van der Waals surface area contributed by atoms with E-state index in [-0.39, 0.29) is 5.82 Å². The third kappa shape index (κ3) is 1.51. The standard InChI is InChI=1S/C9H7FN2O/c10-7-1-6(2-8(11)3-7)9-4-12-5-13-9/h1-5H,11H2. The number of halogens is 1. The van der Waals surface area contributed by atoms with E-state index >= 15 is 0 Å². The van der Waals surface area contributed by atoms with Crippen molar-refractivity contribution in [3.63, 3.8) is 0 Å². The molecular formula is C9H7FN2O.